The summed E-state index contributed by atoms with van der Waals surface area (Å²) in [4.78, 5) is 7.72. The molecule has 0 saturated carbocycles. The molecule has 3 aromatic heterocycles. The summed E-state index contributed by atoms with van der Waals surface area (Å²) in [5, 5.41) is 9.99. The fraction of sp³-hybridized carbons (Fsp3) is 0.150. The van der Waals surface area contributed by atoms with E-state index in [2.05, 4.69) is 20.2 Å². The van der Waals surface area contributed by atoms with E-state index in [-0.39, 0.29) is 0 Å². The van der Waals surface area contributed by atoms with Crippen LogP contribution in [0, 0.1) is 0 Å². The SMILES string of the molecule is c1ccc2oc(CCCSc3nnc(-c4c[nH]c5ccccc45)o3)nc2c1. The number of nitrogens with zero attached hydrogens (tertiary/aromatic N) is 3. The van der Waals surface area contributed by atoms with Gasteiger partial charge in [-0.2, -0.15) is 0 Å². The molecule has 6 nitrogen and oxygen atoms in total. The van der Waals surface area contributed by atoms with E-state index in [0.29, 0.717) is 11.1 Å². The second-order valence-electron chi connectivity index (χ2n) is 6.15. The summed E-state index contributed by atoms with van der Waals surface area (Å²) < 4.78 is 11.6. The minimum Gasteiger partial charge on any atom is -0.441 e. The van der Waals surface area contributed by atoms with Gasteiger partial charge in [-0.15, -0.1) is 10.2 Å². The van der Waals surface area contributed by atoms with Crippen LogP contribution in [0.5, 0.6) is 0 Å². The van der Waals surface area contributed by atoms with E-state index in [0.717, 1.165) is 52.1 Å². The van der Waals surface area contributed by atoms with E-state index in [1.807, 2.05) is 54.7 Å². The Morgan fingerprint density at radius 2 is 1.85 bits per heavy atom. The minimum atomic E-state index is 0.536. The molecule has 0 bridgehead atoms. The quantitative estimate of drug-likeness (QED) is 0.329. The van der Waals surface area contributed by atoms with Crippen LogP contribution >= 0.6 is 11.8 Å². The normalized spacial score (nSPS) is 11.6. The lowest BCUT2D eigenvalue weighted by Crippen LogP contribution is -1.87. The summed E-state index contributed by atoms with van der Waals surface area (Å²) in [6.45, 7) is 0. The Morgan fingerprint density at radius 3 is 2.81 bits per heavy atom. The smallest absolute Gasteiger partial charge is 0.276 e. The van der Waals surface area contributed by atoms with Crippen LogP contribution in [-0.4, -0.2) is 25.9 Å². The molecule has 0 atom stereocenters. The van der Waals surface area contributed by atoms with Crippen molar-refractivity contribution in [3.63, 3.8) is 0 Å². The number of fused-ring (bicyclic) bond motifs is 2. The predicted octanol–water partition coefficient (Wildman–Crippen LogP) is 5.08. The third kappa shape index (κ3) is 3.21. The van der Waals surface area contributed by atoms with Crippen molar-refractivity contribution in [2.75, 3.05) is 5.75 Å². The lowest BCUT2D eigenvalue weighted by atomic mass is 10.2. The van der Waals surface area contributed by atoms with Gasteiger partial charge in [-0.1, -0.05) is 42.1 Å². The van der Waals surface area contributed by atoms with Crippen molar-refractivity contribution in [2.45, 2.75) is 18.1 Å². The maximum absolute atomic E-state index is 5.82. The number of oxazole rings is 1. The van der Waals surface area contributed by atoms with Gasteiger partial charge in [0.05, 0.1) is 5.56 Å². The molecule has 0 aliphatic heterocycles. The number of rotatable bonds is 6. The van der Waals surface area contributed by atoms with Crippen LogP contribution < -0.4 is 0 Å². The number of aromatic amines is 1. The molecule has 1 N–H and O–H groups in total. The van der Waals surface area contributed by atoms with Crippen molar-refractivity contribution in [3.8, 4) is 11.5 Å². The highest BCUT2D eigenvalue weighted by Gasteiger charge is 2.13. The number of aromatic nitrogens is 4. The highest BCUT2D eigenvalue weighted by molar-refractivity contribution is 7.99. The van der Waals surface area contributed by atoms with Crippen molar-refractivity contribution in [1.82, 2.24) is 20.2 Å². The molecule has 0 amide bonds. The van der Waals surface area contributed by atoms with Gasteiger partial charge in [-0.05, 0) is 24.6 Å². The number of H-pyrrole nitrogens is 1. The molecule has 7 heteroatoms. The monoisotopic (exact) mass is 376 g/mol. The first-order valence-electron chi connectivity index (χ1n) is 8.74. The zero-order valence-corrected chi connectivity index (χ0v) is 15.2. The van der Waals surface area contributed by atoms with Crippen LogP contribution in [0.2, 0.25) is 0 Å². The van der Waals surface area contributed by atoms with E-state index < -0.39 is 0 Å². The highest BCUT2D eigenvalue weighted by atomic mass is 32.2. The van der Waals surface area contributed by atoms with Crippen molar-refractivity contribution in [2.24, 2.45) is 0 Å². The Hall–Kier alpha value is -3.06. The third-order valence-corrected chi connectivity index (χ3v) is 5.23. The number of thioether (sulfide) groups is 1. The first-order chi connectivity index (χ1) is 13.4. The van der Waals surface area contributed by atoms with Gasteiger partial charge in [0, 0.05) is 29.3 Å². The molecule has 134 valence electrons. The Kier molecular flexibility index (Phi) is 4.14. The Balaban J connectivity index is 1.21. The van der Waals surface area contributed by atoms with Crippen molar-refractivity contribution < 1.29 is 8.83 Å². The van der Waals surface area contributed by atoms with Gasteiger partial charge in [0.15, 0.2) is 11.5 Å². The van der Waals surface area contributed by atoms with Crippen LogP contribution in [0.3, 0.4) is 0 Å². The van der Waals surface area contributed by atoms with Crippen molar-refractivity contribution in [3.05, 3.63) is 60.6 Å². The summed E-state index contributed by atoms with van der Waals surface area (Å²) in [5.41, 5.74) is 3.72. The summed E-state index contributed by atoms with van der Waals surface area (Å²) >= 11 is 1.55. The van der Waals surface area contributed by atoms with Crippen LogP contribution in [0.15, 0.2) is 68.8 Å². The molecule has 0 fully saturated rings. The zero-order valence-electron chi connectivity index (χ0n) is 14.4. The second-order valence-corrected chi connectivity index (χ2v) is 7.19. The molecule has 5 rings (SSSR count). The summed E-state index contributed by atoms with van der Waals surface area (Å²) in [7, 11) is 0. The molecule has 0 radical (unpaired) electrons. The molecular weight excluding hydrogens is 360 g/mol. The Bertz CT molecular complexity index is 1170. The number of para-hydroxylation sites is 3. The van der Waals surface area contributed by atoms with Crippen LogP contribution in [-0.2, 0) is 6.42 Å². The average molecular weight is 376 g/mol. The maximum Gasteiger partial charge on any atom is 0.276 e. The van der Waals surface area contributed by atoms with Crippen molar-refractivity contribution in [1.29, 1.82) is 0 Å². The maximum atomic E-state index is 5.82. The van der Waals surface area contributed by atoms with Gasteiger partial charge < -0.3 is 13.8 Å². The van der Waals surface area contributed by atoms with E-state index in [1.54, 1.807) is 11.8 Å². The zero-order chi connectivity index (χ0) is 18.1. The number of benzene rings is 2. The average Bonchev–Trinajstić information content (AvgIpc) is 3.42. The second kappa shape index (κ2) is 6.92. The molecule has 0 spiro atoms. The van der Waals surface area contributed by atoms with E-state index in [1.165, 1.54) is 0 Å². The predicted molar refractivity (Wildman–Crippen MR) is 105 cm³/mol. The van der Waals surface area contributed by atoms with Gasteiger partial charge in [-0.3, -0.25) is 0 Å². The minimum absolute atomic E-state index is 0.536. The van der Waals surface area contributed by atoms with E-state index in [4.69, 9.17) is 8.83 Å². The van der Waals surface area contributed by atoms with Crippen molar-refractivity contribution >= 4 is 33.8 Å². The molecule has 0 saturated heterocycles. The number of hydrogen-bond acceptors (Lipinski definition) is 6. The molecule has 5 aromatic rings. The molecule has 0 aliphatic carbocycles. The first kappa shape index (κ1) is 16.1. The fourth-order valence-corrected chi connectivity index (χ4v) is 3.73. The van der Waals surface area contributed by atoms with E-state index in [9.17, 15) is 0 Å². The fourth-order valence-electron chi connectivity index (χ4n) is 3.04. The Labute approximate surface area is 159 Å². The molecular formula is C20H16N4O2S. The van der Waals surface area contributed by atoms with Gasteiger partial charge in [-0.25, -0.2) is 4.98 Å². The summed E-state index contributed by atoms with van der Waals surface area (Å²) in [5.74, 6) is 2.16. The Morgan fingerprint density at radius 1 is 0.963 bits per heavy atom. The van der Waals surface area contributed by atoms with E-state index >= 15 is 0 Å². The first-order valence-corrected chi connectivity index (χ1v) is 9.72. The topological polar surface area (TPSA) is 80.7 Å². The molecule has 27 heavy (non-hydrogen) atoms. The largest absolute Gasteiger partial charge is 0.441 e. The standard InChI is InChI=1S/C20H16N4O2S/c1-2-7-15-13(6-1)14(12-21-15)19-23-24-20(26-19)27-11-5-10-18-22-16-8-3-4-9-17(16)25-18/h1-4,6-9,12,21H,5,10-11H2. The third-order valence-electron chi connectivity index (χ3n) is 4.32. The van der Waals surface area contributed by atoms with Crippen LogP contribution in [0.4, 0.5) is 0 Å². The number of aryl methyl sites for hydroxylation is 1. The summed E-state index contributed by atoms with van der Waals surface area (Å²) in [6, 6.07) is 15.9. The van der Waals surface area contributed by atoms with Gasteiger partial charge in [0.25, 0.3) is 11.1 Å². The van der Waals surface area contributed by atoms with Gasteiger partial charge >= 0.3 is 0 Å². The lowest BCUT2D eigenvalue weighted by molar-refractivity contribution is 0.466. The molecule has 0 aliphatic rings. The lowest BCUT2D eigenvalue weighted by Gasteiger charge is -1.95. The van der Waals surface area contributed by atoms with Gasteiger partial charge in [0.1, 0.15) is 5.52 Å². The molecule has 0 unspecified atom stereocenters. The highest BCUT2D eigenvalue weighted by Crippen LogP contribution is 2.29. The summed E-state index contributed by atoms with van der Waals surface area (Å²) in [6.07, 6.45) is 3.60. The number of nitrogens with one attached hydrogen (secondary N) is 1. The molecule has 2 aromatic carbocycles. The molecule has 3 heterocycles. The number of hydrogen-bond donors (Lipinski definition) is 1. The van der Waals surface area contributed by atoms with Crippen LogP contribution in [0.25, 0.3) is 33.5 Å². The van der Waals surface area contributed by atoms with Crippen LogP contribution in [0.1, 0.15) is 12.3 Å². The van der Waals surface area contributed by atoms with Gasteiger partial charge in [0.2, 0.25) is 0 Å².